The zero-order chi connectivity index (χ0) is 16.0. The number of aryl methyl sites for hydroxylation is 2. The van der Waals surface area contributed by atoms with E-state index < -0.39 is 10.0 Å². The molecule has 3 nitrogen and oxygen atoms in total. The quantitative estimate of drug-likeness (QED) is 0.451. The fourth-order valence-electron chi connectivity index (χ4n) is 2.04. The van der Waals surface area contributed by atoms with Crippen molar-refractivity contribution in [3.63, 3.8) is 0 Å². The molecule has 22 heavy (non-hydrogen) atoms. The molecule has 0 saturated carbocycles. The molecule has 0 aliphatic carbocycles. The van der Waals surface area contributed by atoms with E-state index >= 15 is 0 Å². The standard InChI is InChI=1S/C17H19NO2S2/c1-14-9-10-17(15(2)13-14)22(19,20)18-11-6-12-21-16-7-4-3-5-8-16/h3-5,7-11,13H,6,12H2,1-2H3/b18-11+. The zero-order valence-electron chi connectivity index (χ0n) is 12.7. The van der Waals surface area contributed by atoms with Crippen molar-refractivity contribution in [2.75, 3.05) is 5.75 Å². The van der Waals surface area contributed by atoms with Crippen molar-refractivity contribution in [1.82, 2.24) is 0 Å². The van der Waals surface area contributed by atoms with Gasteiger partial charge in [-0.2, -0.15) is 12.8 Å². The van der Waals surface area contributed by atoms with Crippen LogP contribution in [0.15, 0.2) is 62.7 Å². The van der Waals surface area contributed by atoms with Crippen molar-refractivity contribution in [2.24, 2.45) is 4.40 Å². The Balaban J connectivity index is 1.94. The first-order valence-corrected chi connectivity index (χ1v) is 9.45. The zero-order valence-corrected chi connectivity index (χ0v) is 14.3. The highest BCUT2D eigenvalue weighted by Gasteiger charge is 2.14. The van der Waals surface area contributed by atoms with Crippen molar-refractivity contribution in [1.29, 1.82) is 0 Å². The largest absolute Gasteiger partial charge is 0.282 e. The smallest absolute Gasteiger partial charge is 0.199 e. The Bertz CT molecular complexity index is 753. The predicted octanol–water partition coefficient (Wildman–Crippen LogP) is 4.25. The second kappa shape index (κ2) is 7.61. The number of hydrogen-bond donors (Lipinski definition) is 0. The number of sulfonamides is 1. The van der Waals surface area contributed by atoms with Crippen molar-refractivity contribution in [3.8, 4) is 0 Å². The number of nitrogens with zero attached hydrogens (tertiary/aromatic N) is 1. The minimum absolute atomic E-state index is 0.282. The third-order valence-electron chi connectivity index (χ3n) is 3.08. The van der Waals surface area contributed by atoms with Gasteiger partial charge in [0, 0.05) is 16.9 Å². The number of benzene rings is 2. The van der Waals surface area contributed by atoms with Gasteiger partial charge < -0.3 is 0 Å². The minimum atomic E-state index is -3.59. The summed E-state index contributed by atoms with van der Waals surface area (Å²) in [6.45, 7) is 3.73. The van der Waals surface area contributed by atoms with Crippen LogP contribution in [0.4, 0.5) is 0 Å². The first-order chi connectivity index (χ1) is 10.5. The van der Waals surface area contributed by atoms with Crippen LogP contribution in [0.5, 0.6) is 0 Å². The Morgan fingerprint density at radius 2 is 1.82 bits per heavy atom. The molecule has 0 radical (unpaired) electrons. The second-order valence-corrected chi connectivity index (χ2v) is 7.75. The van der Waals surface area contributed by atoms with Crippen LogP contribution in [0.1, 0.15) is 17.5 Å². The summed E-state index contributed by atoms with van der Waals surface area (Å²) < 4.78 is 28.2. The molecular formula is C17H19NO2S2. The third-order valence-corrected chi connectivity index (χ3v) is 5.57. The maximum absolute atomic E-state index is 12.2. The van der Waals surface area contributed by atoms with Gasteiger partial charge in [0.25, 0.3) is 10.0 Å². The summed E-state index contributed by atoms with van der Waals surface area (Å²) >= 11 is 1.69. The molecule has 0 fully saturated rings. The Morgan fingerprint density at radius 1 is 1.09 bits per heavy atom. The lowest BCUT2D eigenvalue weighted by Gasteiger charge is -2.04. The van der Waals surface area contributed by atoms with Crippen LogP contribution in [0.3, 0.4) is 0 Å². The van der Waals surface area contributed by atoms with Gasteiger partial charge in [-0.15, -0.1) is 11.8 Å². The van der Waals surface area contributed by atoms with Gasteiger partial charge in [0.15, 0.2) is 0 Å². The summed E-state index contributed by atoms with van der Waals surface area (Å²) in [5, 5.41) is 0. The van der Waals surface area contributed by atoms with Crippen LogP contribution in [0.2, 0.25) is 0 Å². The summed E-state index contributed by atoms with van der Waals surface area (Å²) in [5.41, 5.74) is 1.77. The Morgan fingerprint density at radius 3 is 2.50 bits per heavy atom. The number of thioether (sulfide) groups is 1. The molecule has 0 aliphatic rings. The van der Waals surface area contributed by atoms with Crippen LogP contribution in [-0.4, -0.2) is 20.4 Å². The molecule has 0 heterocycles. The first kappa shape index (κ1) is 16.8. The van der Waals surface area contributed by atoms with Crippen molar-refractivity contribution < 1.29 is 8.42 Å². The lowest BCUT2D eigenvalue weighted by atomic mass is 10.2. The van der Waals surface area contributed by atoms with Gasteiger partial charge in [-0.3, -0.25) is 0 Å². The highest BCUT2D eigenvalue weighted by molar-refractivity contribution is 7.99. The van der Waals surface area contributed by atoms with E-state index in [4.69, 9.17) is 0 Å². The molecule has 0 amide bonds. The van der Waals surface area contributed by atoms with Gasteiger partial charge >= 0.3 is 0 Å². The van der Waals surface area contributed by atoms with E-state index in [-0.39, 0.29) is 4.90 Å². The van der Waals surface area contributed by atoms with E-state index in [9.17, 15) is 8.42 Å². The fourth-order valence-corrected chi connectivity index (χ4v) is 3.97. The molecule has 0 unspecified atom stereocenters. The molecule has 2 aromatic rings. The topological polar surface area (TPSA) is 46.5 Å². The van der Waals surface area contributed by atoms with Gasteiger partial charge in [0.2, 0.25) is 0 Å². The highest BCUT2D eigenvalue weighted by Crippen LogP contribution is 2.19. The number of rotatable bonds is 6. The first-order valence-electron chi connectivity index (χ1n) is 7.03. The summed E-state index contributed by atoms with van der Waals surface area (Å²) in [6.07, 6.45) is 2.11. The van der Waals surface area contributed by atoms with Crippen LogP contribution in [0.25, 0.3) is 0 Å². The number of hydrogen-bond acceptors (Lipinski definition) is 3. The van der Waals surface area contributed by atoms with E-state index in [1.54, 1.807) is 30.8 Å². The molecule has 0 saturated heterocycles. The van der Waals surface area contributed by atoms with E-state index in [0.717, 1.165) is 16.9 Å². The maximum atomic E-state index is 12.2. The summed E-state index contributed by atoms with van der Waals surface area (Å²) in [7, 11) is -3.59. The van der Waals surface area contributed by atoms with Crippen LogP contribution < -0.4 is 0 Å². The molecule has 0 atom stereocenters. The Hall–Kier alpha value is -1.59. The SMILES string of the molecule is Cc1ccc(S(=O)(=O)/N=C/CCSc2ccccc2)c(C)c1. The van der Waals surface area contributed by atoms with Crippen molar-refractivity contribution >= 4 is 28.0 Å². The normalized spacial score (nSPS) is 11.9. The van der Waals surface area contributed by atoms with Crippen LogP contribution in [0, 0.1) is 13.8 Å². The van der Waals surface area contributed by atoms with Crippen LogP contribution >= 0.6 is 11.8 Å². The molecule has 0 aliphatic heterocycles. The van der Waals surface area contributed by atoms with E-state index in [2.05, 4.69) is 4.40 Å². The minimum Gasteiger partial charge on any atom is -0.199 e. The molecule has 2 rings (SSSR count). The molecule has 0 N–H and O–H groups in total. The summed E-state index contributed by atoms with van der Waals surface area (Å²) in [6, 6.07) is 15.3. The lowest BCUT2D eigenvalue weighted by Crippen LogP contribution is -2.00. The van der Waals surface area contributed by atoms with Gasteiger partial charge in [-0.1, -0.05) is 35.9 Å². The van der Waals surface area contributed by atoms with Gasteiger partial charge in [-0.25, -0.2) is 0 Å². The van der Waals surface area contributed by atoms with Gasteiger partial charge in [0.1, 0.15) is 0 Å². The molecule has 0 spiro atoms. The second-order valence-electron chi connectivity index (χ2n) is 4.98. The van der Waals surface area contributed by atoms with E-state index in [0.29, 0.717) is 6.42 Å². The third kappa shape index (κ3) is 4.71. The molecule has 116 valence electrons. The molecule has 5 heteroatoms. The summed E-state index contributed by atoms with van der Waals surface area (Å²) in [4.78, 5) is 1.46. The average Bonchev–Trinajstić information content (AvgIpc) is 2.47. The van der Waals surface area contributed by atoms with Crippen molar-refractivity contribution in [2.45, 2.75) is 30.1 Å². The van der Waals surface area contributed by atoms with E-state index in [1.165, 1.54) is 11.1 Å². The Labute approximate surface area is 136 Å². The van der Waals surface area contributed by atoms with E-state index in [1.807, 2.05) is 43.3 Å². The van der Waals surface area contributed by atoms with Gasteiger partial charge in [-0.05, 0) is 44.0 Å². The Kier molecular flexibility index (Phi) is 5.80. The molecule has 2 aromatic carbocycles. The monoisotopic (exact) mass is 333 g/mol. The maximum Gasteiger partial charge on any atom is 0.282 e. The fraction of sp³-hybridized carbons (Fsp3) is 0.235. The molecule has 0 aromatic heterocycles. The molecule has 0 bridgehead atoms. The van der Waals surface area contributed by atoms with Crippen LogP contribution in [-0.2, 0) is 10.0 Å². The van der Waals surface area contributed by atoms with Crippen molar-refractivity contribution in [3.05, 3.63) is 59.7 Å². The predicted molar refractivity (Wildman–Crippen MR) is 93.4 cm³/mol. The highest BCUT2D eigenvalue weighted by atomic mass is 32.2. The lowest BCUT2D eigenvalue weighted by molar-refractivity contribution is 0.597. The average molecular weight is 333 g/mol. The van der Waals surface area contributed by atoms with Gasteiger partial charge in [0.05, 0.1) is 4.90 Å². The summed E-state index contributed by atoms with van der Waals surface area (Å²) in [5.74, 6) is 0.802. The molecular weight excluding hydrogens is 314 g/mol.